The fraction of sp³-hybridized carbons (Fsp3) is 0. The smallest absolute Gasteiger partial charge is 0.270 e. The van der Waals surface area contributed by atoms with E-state index < -0.39 is 5.56 Å². The highest BCUT2D eigenvalue weighted by Crippen LogP contribution is 2.30. The van der Waals surface area contributed by atoms with Crippen LogP contribution < -0.4 is 5.56 Å². The molecule has 0 saturated heterocycles. The third-order valence-electron chi connectivity index (χ3n) is 5.52. The first-order chi connectivity index (χ1) is 16.1. The number of carbonyl (C=O) groups is 1. The molecule has 0 aliphatic heterocycles. The minimum atomic E-state index is -0.511. The summed E-state index contributed by atoms with van der Waals surface area (Å²) in [5.74, 6) is -0.566. The molecular formula is C27H18N2O3S. The molecule has 1 aromatic heterocycles. The van der Waals surface area contributed by atoms with Gasteiger partial charge in [0, 0.05) is 5.57 Å². The molecule has 5 rings (SSSR count). The van der Waals surface area contributed by atoms with Crippen LogP contribution in [0.5, 0.6) is 5.88 Å². The maximum absolute atomic E-state index is 13.6. The Morgan fingerprint density at radius 1 is 0.727 bits per heavy atom. The highest BCUT2D eigenvalue weighted by atomic mass is 32.1. The SMILES string of the molecule is O=C1C=Cc2ccccc2/C1=C\c1c(O)n(-c2ccccc2)c(=S)n(-c2ccccc2)c1=O. The van der Waals surface area contributed by atoms with E-state index in [0.717, 1.165) is 5.56 Å². The van der Waals surface area contributed by atoms with Crippen molar-refractivity contribution in [3.05, 3.63) is 123 Å². The van der Waals surface area contributed by atoms with Crippen LogP contribution in [0.25, 0.3) is 29.1 Å². The molecule has 1 heterocycles. The van der Waals surface area contributed by atoms with Gasteiger partial charge in [0.25, 0.3) is 5.56 Å². The molecule has 0 radical (unpaired) electrons. The van der Waals surface area contributed by atoms with Gasteiger partial charge in [-0.25, -0.2) is 0 Å². The minimum absolute atomic E-state index is 0.0234. The monoisotopic (exact) mass is 450 g/mol. The molecule has 0 fully saturated rings. The predicted molar refractivity (Wildman–Crippen MR) is 132 cm³/mol. The highest BCUT2D eigenvalue weighted by Gasteiger charge is 2.22. The van der Waals surface area contributed by atoms with Gasteiger partial charge in [0.15, 0.2) is 10.6 Å². The van der Waals surface area contributed by atoms with Crippen molar-refractivity contribution in [3.8, 4) is 17.3 Å². The number of ketones is 1. The number of rotatable bonds is 3. The standard InChI is InChI=1S/C27H18N2O3S/c30-24-16-15-18-9-7-8-14-21(18)22(24)17-23-25(31)28(19-10-3-1-4-11-19)27(33)29(26(23)32)20-12-5-2-6-13-20/h1-17,31H/b22-17+. The van der Waals surface area contributed by atoms with Gasteiger partial charge in [0.2, 0.25) is 5.88 Å². The fourth-order valence-corrected chi connectivity index (χ4v) is 4.30. The van der Waals surface area contributed by atoms with Gasteiger partial charge in [-0.3, -0.25) is 18.7 Å². The van der Waals surface area contributed by atoms with Crippen molar-refractivity contribution < 1.29 is 9.90 Å². The van der Waals surface area contributed by atoms with Crippen LogP contribution in [0, 0.1) is 4.77 Å². The zero-order valence-electron chi connectivity index (χ0n) is 17.4. The largest absolute Gasteiger partial charge is 0.494 e. The predicted octanol–water partition coefficient (Wildman–Crippen LogP) is 5.20. The first-order valence-electron chi connectivity index (χ1n) is 10.3. The zero-order chi connectivity index (χ0) is 22.9. The molecular weight excluding hydrogens is 432 g/mol. The average Bonchev–Trinajstić information content (AvgIpc) is 2.84. The number of hydrogen-bond donors (Lipinski definition) is 1. The molecule has 33 heavy (non-hydrogen) atoms. The van der Waals surface area contributed by atoms with E-state index in [1.165, 1.54) is 21.3 Å². The molecule has 0 spiro atoms. The Bertz CT molecular complexity index is 1560. The van der Waals surface area contributed by atoms with Crippen molar-refractivity contribution in [2.75, 3.05) is 0 Å². The highest BCUT2D eigenvalue weighted by molar-refractivity contribution is 7.71. The first-order valence-corrected chi connectivity index (χ1v) is 10.7. The van der Waals surface area contributed by atoms with Gasteiger partial charge in [-0.05, 0) is 59.8 Å². The molecule has 0 saturated carbocycles. The van der Waals surface area contributed by atoms with E-state index in [4.69, 9.17) is 12.2 Å². The molecule has 0 amide bonds. The molecule has 4 aromatic rings. The van der Waals surface area contributed by atoms with E-state index in [-0.39, 0.29) is 22.0 Å². The Hall–Kier alpha value is -4.29. The van der Waals surface area contributed by atoms with Crippen LogP contribution in [0.3, 0.4) is 0 Å². The summed E-state index contributed by atoms with van der Waals surface area (Å²) in [6.45, 7) is 0. The third kappa shape index (κ3) is 3.56. The lowest BCUT2D eigenvalue weighted by Gasteiger charge is -2.18. The number of para-hydroxylation sites is 2. The molecule has 0 atom stereocenters. The van der Waals surface area contributed by atoms with E-state index in [2.05, 4.69) is 0 Å². The Kier molecular flexibility index (Phi) is 5.20. The summed E-state index contributed by atoms with van der Waals surface area (Å²) >= 11 is 5.65. The Morgan fingerprint density at radius 2 is 1.30 bits per heavy atom. The van der Waals surface area contributed by atoms with Gasteiger partial charge in [0.1, 0.15) is 5.56 Å². The zero-order valence-corrected chi connectivity index (χ0v) is 18.2. The normalized spacial score (nSPS) is 13.8. The van der Waals surface area contributed by atoms with Gasteiger partial charge in [-0.2, -0.15) is 0 Å². The van der Waals surface area contributed by atoms with Crippen LogP contribution >= 0.6 is 12.2 Å². The quantitative estimate of drug-likeness (QED) is 0.344. The summed E-state index contributed by atoms with van der Waals surface area (Å²) < 4.78 is 2.92. The van der Waals surface area contributed by atoms with Crippen molar-refractivity contribution in [1.82, 2.24) is 9.13 Å². The van der Waals surface area contributed by atoms with Crippen LogP contribution in [0.1, 0.15) is 16.7 Å². The van der Waals surface area contributed by atoms with Crippen molar-refractivity contribution in [1.29, 1.82) is 0 Å². The molecule has 0 bridgehead atoms. The number of benzene rings is 3. The molecule has 3 aromatic carbocycles. The third-order valence-corrected chi connectivity index (χ3v) is 5.88. The van der Waals surface area contributed by atoms with Gasteiger partial charge < -0.3 is 5.11 Å². The molecule has 1 N–H and O–H groups in total. The Morgan fingerprint density at radius 3 is 1.97 bits per heavy atom. The topological polar surface area (TPSA) is 64.2 Å². The Labute approximate surface area is 194 Å². The number of allylic oxidation sites excluding steroid dienone is 2. The van der Waals surface area contributed by atoms with E-state index in [1.54, 1.807) is 42.5 Å². The number of aromatic hydroxyl groups is 1. The minimum Gasteiger partial charge on any atom is -0.494 e. The van der Waals surface area contributed by atoms with E-state index in [1.807, 2.05) is 48.5 Å². The number of fused-ring (bicyclic) bond motifs is 1. The summed E-state index contributed by atoms with van der Waals surface area (Å²) in [6, 6.07) is 25.5. The van der Waals surface area contributed by atoms with E-state index in [9.17, 15) is 14.7 Å². The summed E-state index contributed by atoms with van der Waals surface area (Å²) in [6.07, 6.45) is 4.66. The summed E-state index contributed by atoms with van der Waals surface area (Å²) in [7, 11) is 0. The maximum Gasteiger partial charge on any atom is 0.270 e. The number of carbonyl (C=O) groups excluding carboxylic acids is 1. The van der Waals surface area contributed by atoms with Gasteiger partial charge in [-0.15, -0.1) is 0 Å². The average molecular weight is 451 g/mol. The molecule has 6 heteroatoms. The van der Waals surface area contributed by atoms with Crippen molar-refractivity contribution in [2.45, 2.75) is 0 Å². The lowest BCUT2D eigenvalue weighted by atomic mass is 9.90. The van der Waals surface area contributed by atoms with Crippen LogP contribution in [-0.4, -0.2) is 20.0 Å². The van der Waals surface area contributed by atoms with Crippen molar-refractivity contribution in [3.63, 3.8) is 0 Å². The summed E-state index contributed by atoms with van der Waals surface area (Å²) in [5.41, 5.74) is 2.52. The fourth-order valence-electron chi connectivity index (χ4n) is 3.92. The summed E-state index contributed by atoms with van der Waals surface area (Å²) in [5, 5.41) is 11.2. The molecule has 5 nitrogen and oxygen atoms in total. The number of hydrogen-bond acceptors (Lipinski definition) is 4. The van der Waals surface area contributed by atoms with E-state index >= 15 is 0 Å². The second-order valence-electron chi connectivity index (χ2n) is 7.51. The van der Waals surface area contributed by atoms with E-state index in [0.29, 0.717) is 22.5 Å². The first kappa shape index (κ1) is 20.6. The van der Waals surface area contributed by atoms with Gasteiger partial charge >= 0.3 is 0 Å². The van der Waals surface area contributed by atoms with Crippen LogP contribution in [0.2, 0.25) is 0 Å². The van der Waals surface area contributed by atoms with Crippen LogP contribution in [0.15, 0.2) is 95.8 Å². The molecule has 0 unspecified atom stereocenters. The second-order valence-corrected chi connectivity index (χ2v) is 7.87. The van der Waals surface area contributed by atoms with Crippen molar-refractivity contribution in [2.24, 2.45) is 0 Å². The van der Waals surface area contributed by atoms with Crippen LogP contribution in [-0.2, 0) is 4.79 Å². The molecule has 160 valence electrons. The Balaban J connectivity index is 1.87. The lowest BCUT2D eigenvalue weighted by molar-refractivity contribution is -0.109. The number of nitrogens with zero attached hydrogens (tertiary/aromatic N) is 2. The summed E-state index contributed by atoms with van der Waals surface area (Å²) in [4.78, 5) is 26.4. The second kappa shape index (κ2) is 8.33. The van der Waals surface area contributed by atoms with Crippen LogP contribution in [0.4, 0.5) is 0 Å². The van der Waals surface area contributed by atoms with Gasteiger partial charge in [0.05, 0.1) is 11.4 Å². The maximum atomic E-state index is 13.6. The van der Waals surface area contributed by atoms with Gasteiger partial charge in [-0.1, -0.05) is 66.7 Å². The lowest BCUT2D eigenvalue weighted by Crippen LogP contribution is -2.26. The number of aromatic nitrogens is 2. The van der Waals surface area contributed by atoms with Crippen molar-refractivity contribution >= 4 is 35.7 Å². The molecule has 1 aliphatic carbocycles. The molecule has 1 aliphatic rings.